The van der Waals surface area contributed by atoms with Crippen LogP contribution >= 0.6 is 0 Å². The van der Waals surface area contributed by atoms with Crippen LogP contribution in [0.25, 0.3) is 0 Å². The summed E-state index contributed by atoms with van der Waals surface area (Å²) in [6, 6.07) is 0. The van der Waals surface area contributed by atoms with Gasteiger partial charge >= 0.3 is 0 Å². The summed E-state index contributed by atoms with van der Waals surface area (Å²) in [5.74, 6) is 6.70. The van der Waals surface area contributed by atoms with Crippen molar-refractivity contribution in [2.24, 2.45) is 46.8 Å². The second kappa shape index (κ2) is 8.15. The Morgan fingerprint density at radius 2 is 1.61 bits per heavy atom. The summed E-state index contributed by atoms with van der Waals surface area (Å²) >= 11 is 0. The van der Waals surface area contributed by atoms with Gasteiger partial charge in [-0.1, -0.05) is 20.3 Å². The monoisotopic (exact) mass is 385 g/mol. The SMILES string of the molecule is C=C.CC1CCC2C(CCC3C2CCC2(C)C3CC[C@@H]2C(=O)N2CCCC2)C1. The molecule has 5 rings (SSSR count). The van der Waals surface area contributed by atoms with Gasteiger partial charge in [-0.25, -0.2) is 0 Å². The molecule has 1 heterocycles. The second-order valence-corrected chi connectivity index (χ2v) is 11.1. The van der Waals surface area contributed by atoms with Gasteiger partial charge in [0.15, 0.2) is 0 Å². The highest BCUT2D eigenvalue weighted by Crippen LogP contribution is 2.64. The van der Waals surface area contributed by atoms with E-state index in [0.29, 0.717) is 17.2 Å². The van der Waals surface area contributed by atoms with Crippen molar-refractivity contribution in [2.75, 3.05) is 13.1 Å². The van der Waals surface area contributed by atoms with Crippen LogP contribution in [0, 0.1) is 46.8 Å². The summed E-state index contributed by atoms with van der Waals surface area (Å²) in [6.07, 6.45) is 15.2. The topological polar surface area (TPSA) is 20.3 Å². The number of carbonyl (C=O) groups excluding carboxylic acids is 1. The molecule has 1 aliphatic heterocycles. The summed E-state index contributed by atoms with van der Waals surface area (Å²) in [5, 5.41) is 0. The number of rotatable bonds is 1. The van der Waals surface area contributed by atoms with Crippen LogP contribution in [0.5, 0.6) is 0 Å². The van der Waals surface area contributed by atoms with E-state index in [2.05, 4.69) is 31.9 Å². The minimum absolute atomic E-state index is 0.315. The van der Waals surface area contributed by atoms with Crippen LogP contribution < -0.4 is 0 Å². The molecule has 5 fully saturated rings. The fraction of sp³-hybridized carbons (Fsp3) is 0.885. The molecule has 0 aromatic heterocycles. The lowest BCUT2D eigenvalue weighted by molar-refractivity contribution is -0.142. The molecule has 2 nitrogen and oxygen atoms in total. The van der Waals surface area contributed by atoms with Gasteiger partial charge in [0, 0.05) is 19.0 Å². The average molecular weight is 386 g/mol. The molecule has 1 saturated heterocycles. The molecular weight excluding hydrogens is 342 g/mol. The summed E-state index contributed by atoms with van der Waals surface area (Å²) in [6.45, 7) is 13.1. The lowest BCUT2D eigenvalue weighted by atomic mass is 9.49. The van der Waals surface area contributed by atoms with Gasteiger partial charge in [0.25, 0.3) is 0 Å². The average Bonchev–Trinajstić information content (AvgIpc) is 3.36. The first kappa shape index (κ1) is 20.5. The first-order valence-electron chi connectivity index (χ1n) is 12.4. The van der Waals surface area contributed by atoms with Crippen molar-refractivity contribution in [1.82, 2.24) is 4.90 Å². The van der Waals surface area contributed by atoms with Crippen molar-refractivity contribution in [1.29, 1.82) is 0 Å². The number of amides is 1. The largest absolute Gasteiger partial charge is 0.342 e. The Bertz CT molecular complexity index is 567. The third-order valence-corrected chi connectivity index (χ3v) is 9.93. The van der Waals surface area contributed by atoms with E-state index in [9.17, 15) is 4.79 Å². The van der Waals surface area contributed by atoms with Crippen molar-refractivity contribution >= 4 is 5.91 Å². The van der Waals surface area contributed by atoms with E-state index in [1.54, 1.807) is 0 Å². The fourth-order valence-electron chi connectivity index (χ4n) is 8.65. The fourth-order valence-corrected chi connectivity index (χ4v) is 8.65. The van der Waals surface area contributed by atoms with Gasteiger partial charge in [0.05, 0.1) is 0 Å². The quantitative estimate of drug-likeness (QED) is 0.484. The molecule has 0 radical (unpaired) electrons. The number of hydrogen-bond acceptors (Lipinski definition) is 1. The Labute approximate surface area is 173 Å². The van der Waals surface area contributed by atoms with Gasteiger partial charge in [0.1, 0.15) is 0 Å². The zero-order valence-corrected chi connectivity index (χ0v) is 18.5. The van der Waals surface area contributed by atoms with Crippen LogP contribution in [0.3, 0.4) is 0 Å². The standard InChI is InChI=1S/C24H39NO.C2H4/c1-16-5-7-18-17(15-16)6-8-20-19(18)11-12-24(2)21(20)9-10-22(24)23(26)25-13-3-4-14-25;1-2/h16-22H,3-15H2,1-2H3;1-2H2/t16?,17?,18?,19?,20?,21?,22-,24?;/m1./s1. The lowest BCUT2D eigenvalue weighted by Gasteiger charge is -2.56. The Morgan fingerprint density at radius 3 is 2.36 bits per heavy atom. The Balaban J connectivity index is 0.000000932. The zero-order valence-electron chi connectivity index (χ0n) is 18.5. The van der Waals surface area contributed by atoms with Gasteiger partial charge < -0.3 is 4.90 Å². The number of nitrogens with zero attached hydrogens (tertiary/aromatic N) is 1. The summed E-state index contributed by atoms with van der Waals surface area (Å²) in [7, 11) is 0. The third kappa shape index (κ3) is 3.27. The predicted octanol–water partition coefficient (Wildman–Crippen LogP) is 6.32. The van der Waals surface area contributed by atoms with Gasteiger partial charge in [-0.15, -0.1) is 13.2 Å². The van der Waals surface area contributed by atoms with Crippen LogP contribution in [0.4, 0.5) is 0 Å². The van der Waals surface area contributed by atoms with Gasteiger partial charge in [-0.05, 0) is 105 Å². The molecule has 0 bridgehead atoms. The molecule has 7 unspecified atom stereocenters. The van der Waals surface area contributed by atoms with E-state index < -0.39 is 0 Å². The van der Waals surface area contributed by atoms with Gasteiger partial charge in [0.2, 0.25) is 5.91 Å². The molecule has 1 amide bonds. The maximum atomic E-state index is 13.3. The summed E-state index contributed by atoms with van der Waals surface area (Å²) in [5.41, 5.74) is 0.315. The van der Waals surface area contributed by atoms with Crippen molar-refractivity contribution < 1.29 is 4.79 Å². The molecule has 5 aliphatic rings. The predicted molar refractivity (Wildman–Crippen MR) is 117 cm³/mol. The molecule has 0 aromatic carbocycles. The number of carbonyl (C=O) groups is 1. The molecule has 4 saturated carbocycles. The van der Waals surface area contributed by atoms with E-state index >= 15 is 0 Å². The highest BCUT2D eigenvalue weighted by atomic mass is 16.2. The zero-order chi connectivity index (χ0) is 19.9. The lowest BCUT2D eigenvalue weighted by Crippen LogP contribution is -2.50. The van der Waals surface area contributed by atoms with Crippen LogP contribution in [-0.4, -0.2) is 23.9 Å². The van der Waals surface area contributed by atoms with Gasteiger partial charge in [-0.2, -0.15) is 0 Å². The number of hydrogen-bond donors (Lipinski definition) is 0. The van der Waals surface area contributed by atoms with E-state index in [1.807, 2.05) is 0 Å². The normalized spacial score (nSPS) is 47.4. The maximum absolute atomic E-state index is 13.3. The third-order valence-electron chi connectivity index (χ3n) is 9.93. The molecule has 0 spiro atoms. The van der Waals surface area contributed by atoms with Crippen molar-refractivity contribution in [3.05, 3.63) is 13.2 Å². The van der Waals surface area contributed by atoms with Crippen LogP contribution in [0.2, 0.25) is 0 Å². The molecule has 4 aliphatic carbocycles. The van der Waals surface area contributed by atoms with Crippen molar-refractivity contribution in [2.45, 2.75) is 84.5 Å². The van der Waals surface area contributed by atoms with Crippen molar-refractivity contribution in [3.63, 3.8) is 0 Å². The van der Waals surface area contributed by atoms with Crippen LogP contribution in [-0.2, 0) is 4.79 Å². The van der Waals surface area contributed by atoms with E-state index in [1.165, 1.54) is 70.6 Å². The highest BCUT2D eigenvalue weighted by molar-refractivity contribution is 5.80. The van der Waals surface area contributed by atoms with Crippen LogP contribution in [0.15, 0.2) is 13.2 Å². The molecule has 28 heavy (non-hydrogen) atoms. The minimum atomic E-state index is 0.315. The Hall–Kier alpha value is -0.790. The molecular formula is C26H43NO. The highest BCUT2D eigenvalue weighted by Gasteiger charge is 2.58. The van der Waals surface area contributed by atoms with Gasteiger partial charge in [-0.3, -0.25) is 4.79 Å². The first-order valence-corrected chi connectivity index (χ1v) is 12.4. The summed E-state index contributed by atoms with van der Waals surface area (Å²) in [4.78, 5) is 15.5. The van der Waals surface area contributed by atoms with E-state index in [0.717, 1.165) is 48.6 Å². The summed E-state index contributed by atoms with van der Waals surface area (Å²) < 4.78 is 0. The molecule has 0 aromatic rings. The molecule has 158 valence electrons. The van der Waals surface area contributed by atoms with Crippen LogP contribution in [0.1, 0.15) is 84.5 Å². The van der Waals surface area contributed by atoms with E-state index in [4.69, 9.17) is 0 Å². The molecule has 8 atom stereocenters. The minimum Gasteiger partial charge on any atom is -0.342 e. The van der Waals surface area contributed by atoms with E-state index in [-0.39, 0.29) is 0 Å². The first-order chi connectivity index (χ1) is 13.6. The maximum Gasteiger partial charge on any atom is 0.226 e. The second-order valence-electron chi connectivity index (χ2n) is 11.1. The number of fused-ring (bicyclic) bond motifs is 5. The van der Waals surface area contributed by atoms with Crippen molar-refractivity contribution in [3.8, 4) is 0 Å². The Morgan fingerprint density at radius 1 is 0.893 bits per heavy atom. The molecule has 0 N–H and O–H groups in total. The smallest absolute Gasteiger partial charge is 0.226 e. The molecule has 2 heteroatoms. The number of likely N-dealkylation sites (tertiary alicyclic amines) is 1. The Kier molecular flexibility index (Phi) is 5.96.